The molecule has 2 N–H and O–H groups in total. The molecule has 3 unspecified atom stereocenters. The first-order valence-electron chi connectivity index (χ1n) is 9.56. The summed E-state index contributed by atoms with van der Waals surface area (Å²) in [5, 5.41) is 5.71. The Morgan fingerprint density at radius 3 is 2.21 bits per heavy atom. The Bertz CT molecular complexity index is 716. The lowest BCUT2D eigenvalue weighted by Crippen LogP contribution is -2.60. The van der Waals surface area contributed by atoms with Crippen molar-refractivity contribution in [2.45, 2.75) is 69.4 Å². The van der Waals surface area contributed by atoms with Gasteiger partial charge in [-0.1, -0.05) is 0 Å². The van der Waals surface area contributed by atoms with Gasteiger partial charge < -0.3 is 9.84 Å². The first-order valence-corrected chi connectivity index (χ1v) is 11.0. The van der Waals surface area contributed by atoms with Crippen LogP contribution in [0.1, 0.15) is 52.4 Å². The number of carbonyl (C=O) groups is 1. The van der Waals surface area contributed by atoms with Gasteiger partial charge >= 0.3 is 21.3 Å². The Morgan fingerprint density at radius 2 is 1.75 bits per heavy atom. The van der Waals surface area contributed by atoms with Crippen LogP contribution < -0.4 is 0 Å². The Balaban J connectivity index is 1.60. The zero-order chi connectivity index (χ0) is 21.1. The highest BCUT2D eigenvalue weighted by Crippen LogP contribution is 2.65. The molecule has 0 aromatic heterocycles. The van der Waals surface area contributed by atoms with Gasteiger partial charge in [-0.3, -0.25) is 9.35 Å². The zero-order valence-corrected chi connectivity index (χ0v) is 16.7. The SMILES string of the molecule is CC(C)(O)C12CC3CC(C1)C(C(=O)OCCC(F)C(F)(F)S(=O)(=O)O)C(C3)C2. The molecule has 162 valence electrons. The molecule has 4 aliphatic rings. The van der Waals surface area contributed by atoms with Crippen LogP contribution in [0.4, 0.5) is 13.2 Å². The van der Waals surface area contributed by atoms with E-state index in [0.717, 1.165) is 19.3 Å². The third kappa shape index (κ3) is 3.56. The number of hydrogen-bond acceptors (Lipinski definition) is 5. The van der Waals surface area contributed by atoms with Gasteiger partial charge in [0.05, 0.1) is 18.1 Å². The van der Waals surface area contributed by atoms with Crippen molar-refractivity contribution in [2.75, 3.05) is 6.61 Å². The summed E-state index contributed by atoms with van der Waals surface area (Å²) in [6, 6.07) is 0. The number of aliphatic hydroxyl groups is 1. The summed E-state index contributed by atoms with van der Waals surface area (Å²) >= 11 is 0. The molecular weight excluding hydrogens is 401 g/mol. The van der Waals surface area contributed by atoms with E-state index in [1.807, 2.05) is 0 Å². The Labute approximate surface area is 162 Å². The highest BCUT2D eigenvalue weighted by atomic mass is 32.2. The largest absolute Gasteiger partial charge is 0.465 e. The first kappa shape index (κ1) is 21.8. The number of ether oxygens (including phenoxy) is 1. The fraction of sp³-hybridized carbons (Fsp3) is 0.944. The summed E-state index contributed by atoms with van der Waals surface area (Å²) in [6.45, 7) is 2.90. The van der Waals surface area contributed by atoms with Gasteiger partial charge in [0, 0.05) is 6.42 Å². The van der Waals surface area contributed by atoms with Crippen molar-refractivity contribution in [3.63, 3.8) is 0 Å². The summed E-state index contributed by atoms with van der Waals surface area (Å²) in [5.41, 5.74) is -1.10. The van der Waals surface area contributed by atoms with Crippen molar-refractivity contribution < 1.29 is 40.8 Å². The van der Waals surface area contributed by atoms with Crippen molar-refractivity contribution in [2.24, 2.45) is 29.1 Å². The van der Waals surface area contributed by atoms with E-state index in [9.17, 15) is 31.5 Å². The summed E-state index contributed by atoms with van der Waals surface area (Å²) in [5.74, 6) is -0.484. The van der Waals surface area contributed by atoms with E-state index in [-0.39, 0.29) is 17.3 Å². The average Bonchev–Trinajstić information content (AvgIpc) is 2.51. The van der Waals surface area contributed by atoms with Crippen molar-refractivity contribution in [3.8, 4) is 0 Å². The molecule has 0 radical (unpaired) electrons. The van der Waals surface area contributed by atoms with Crippen LogP contribution in [-0.4, -0.2) is 47.7 Å². The van der Waals surface area contributed by atoms with E-state index in [4.69, 9.17) is 9.29 Å². The molecule has 0 aliphatic heterocycles. The molecule has 4 fully saturated rings. The van der Waals surface area contributed by atoms with E-state index in [0.29, 0.717) is 18.8 Å². The van der Waals surface area contributed by atoms with Crippen LogP contribution in [0.2, 0.25) is 0 Å². The highest BCUT2D eigenvalue weighted by molar-refractivity contribution is 7.86. The number of halogens is 3. The van der Waals surface area contributed by atoms with Crippen molar-refractivity contribution >= 4 is 16.1 Å². The average molecular weight is 428 g/mol. The van der Waals surface area contributed by atoms with E-state index < -0.39 is 52.1 Å². The van der Waals surface area contributed by atoms with Gasteiger partial charge in [-0.05, 0) is 69.1 Å². The number of rotatable bonds is 7. The molecule has 4 bridgehead atoms. The van der Waals surface area contributed by atoms with Gasteiger partial charge in [-0.15, -0.1) is 0 Å². The molecule has 4 saturated carbocycles. The quantitative estimate of drug-likeness (QED) is 0.478. The van der Waals surface area contributed by atoms with Gasteiger partial charge in [0.2, 0.25) is 0 Å². The van der Waals surface area contributed by atoms with Gasteiger partial charge in [-0.25, -0.2) is 4.39 Å². The molecule has 0 heterocycles. The number of alkyl halides is 3. The van der Waals surface area contributed by atoms with E-state index in [1.165, 1.54) is 0 Å². The minimum atomic E-state index is -5.88. The van der Waals surface area contributed by atoms with Crippen molar-refractivity contribution in [1.29, 1.82) is 0 Å². The maximum atomic E-state index is 13.5. The van der Waals surface area contributed by atoms with E-state index in [1.54, 1.807) is 13.8 Å². The first-order chi connectivity index (χ1) is 12.7. The smallest absolute Gasteiger partial charge is 0.400 e. The van der Waals surface area contributed by atoms with Gasteiger partial charge in [0.25, 0.3) is 0 Å². The fourth-order valence-electron chi connectivity index (χ4n) is 5.85. The molecular formula is C18H27F3O6S. The Hall–Kier alpha value is -0.870. The molecule has 10 heteroatoms. The number of carbonyl (C=O) groups excluding carboxylic acids is 1. The number of hydrogen-bond donors (Lipinski definition) is 2. The van der Waals surface area contributed by atoms with E-state index in [2.05, 4.69) is 0 Å². The molecule has 0 spiro atoms. The maximum absolute atomic E-state index is 13.5. The molecule has 4 rings (SSSR count). The minimum Gasteiger partial charge on any atom is -0.465 e. The summed E-state index contributed by atoms with van der Waals surface area (Å²) in [6.07, 6.45) is -0.198. The van der Waals surface area contributed by atoms with Crippen LogP contribution in [0.25, 0.3) is 0 Å². The van der Waals surface area contributed by atoms with E-state index >= 15 is 0 Å². The van der Waals surface area contributed by atoms with Crippen molar-refractivity contribution in [1.82, 2.24) is 0 Å². The van der Waals surface area contributed by atoms with Crippen LogP contribution in [-0.2, 0) is 19.6 Å². The molecule has 0 aromatic carbocycles. The van der Waals surface area contributed by atoms with Crippen LogP contribution in [0, 0.1) is 29.1 Å². The lowest BCUT2D eigenvalue weighted by atomic mass is 9.43. The highest BCUT2D eigenvalue weighted by Gasteiger charge is 2.61. The second-order valence-electron chi connectivity index (χ2n) is 9.30. The van der Waals surface area contributed by atoms with Crippen LogP contribution in [0.3, 0.4) is 0 Å². The van der Waals surface area contributed by atoms with Gasteiger partial charge in [0.15, 0.2) is 6.17 Å². The standard InChI is InChI=1S/C18H27F3O6S/c1-16(2,23)17-7-10-5-11(8-17)14(12(6-10)9-17)15(22)27-4-3-13(19)18(20,21)28(24,25)26/h10-14,23H,3-9H2,1-2H3,(H,24,25,26). The molecule has 6 nitrogen and oxygen atoms in total. The lowest BCUT2D eigenvalue weighted by Gasteiger charge is -2.62. The topological polar surface area (TPSA) is 101 Å². The molecule has 28 heavy (non-hydrogen) atoms. The van der Waals surface area contributed by atoms with Gasteiger partial charge in [0.1, 0.15) is 0 Å². The molecule has 4 aliphatic carbocycles. The summed E-state index contributed by atoms with van der Waals surface area (Å²) in [7, 11) is -5.88. The van der Waals surface area contributed by atoms with Crippen LogP contribution in [0.5, 0.6) is 0 Å². The molecule has 0 saturated heterocycles. The predicted molar refractivity (Wildman–Crippen MR) is 92.7 cm³/mol. The minimum absolute atomic E-state index is 0.0330. The Kier molecular flexibility index (Phi) is 5.33. The fourth-order valence-corrected chi connectivity index (χ4v) is 6.29. The van der Waals surface area contributed by atoms with Crippen molar-refractivity contribution in [3.05, 3.63) is 0 Å². The molecule has 0 aromatic rings. The van der Waals surface area contributed by atoms with Crippen LogP contribution >= 0.6 is 0 Å². The third-order valence-corrected chi connectivity index (χ3v) is 8.11. The number of esters is 1. The zero-order valence-electron chi connectivity index (χ0n) is 15.9. The Morgan fingerprint density at radius 1 is 1.21 bits per heavy atom. The summed E-state index contributed by atoms with van der Waals surface area (Å²) in [4.78, 5) is 12.6. The maximum Gasteiger partial charge on any atom is 0.400 e. The molecule has 3 atom stereocenters. The van der Waals surface area contributed by atoms with Crippen LogP contribution in [0.15, 0.2) is 0 Å². The van der Waals surface area contributed by atoms with Gasteiger partial charge in [-0.2, -0.15) is 17.2 Å². The summed E-state index contributed by atoms with van der Waals surface area (Å²) < 4.78 is 74.5. The molecule has 0 amide bonds. The third-order valence-electron chi connectivity index (χ3n) is 7.17. The second-order valence-corrected chi connectivity index (χ2v) is 10.8. The monoisotopic (exact) mass is 428 g/mol. The predicted octanol–water partition coefficient (Wildman–Crippen LogP) is 2.95. The normalized spacial score (nSPS) is 36.4. The lowest BCUT2D eigenvalue weighted by molar-refractivity contribution is -0.197. The second kappa shape index (κ2) is 6.84.